The molecule has 0 spiro atoms. The Hall–Kier alpha value is 0.870. The van der Waals surface area contributed by atoms with Crippen LogP contribution in [-0.4, -0.2) is 36.4 Å². The summed E-state index contributed by atoms with van der Waals surface area (Å²) in [6, 6.07) is 0. The first kappa shape index (κ1) is 14.9. The van der Waals surface area contributed by atoms with Crippen LogP contribution in [0.5, 0.6) is 0 Å². The summed E-state index contributed by atoms with van der Waals surface area (Å²) in [6.45, 7) is 7.12. The minimum absolute atomic E-state index is 0.350. The Morgan fingerprint density at radius 1 is 0.857 bits per heavy atom. The summed E-state index contributed by atoms with van der Waals surface area (Å²) < 4.78 is 0. The molecule has 0 aromatic rings. The topological polar surface area (TPSA) is 20.2 Å². The van der Waals surface area contributed by atoms with Crippen LogP contribution < -0.4 is 0 Å². The van der Waals surface area contributed by atoms with Gasteiger partial charge in [0.2, 0.25) is 0 Å². The summed E-state index contributed by atoms with van der Waals surface area (Å²) in [6.07, 6.45) is 8.63. The Balaban J connectivity index is 4.69. The second kappa shape index (κ2) is 6.45. The summed E-state index contributed by atoms with van der Waals surface area (Å²) in [4.78, 5) is 0. The normalized spacial score (nSPS) is 15.1. The molecule has 0 rings (SSSR count). The summed E-state index contributed by atoms with van der Waals surface area (Å²) in [5.74, 6) is 0. The molecular weight excluding hydrogens is 259 g/mol. The van der Waals surface area contributed by atoms with E-state index in [0.717, 1.165) is 6.16 Å². The van der Waals surface area contributed by atoms with Gasteiger partial charge < -0.3 is 0 Å². The molecule has 0 saturated heterocycles. The Kier molecular flexibility index (Phi) is 6.85. The van der Waals surface area contributed by atoms with Gasteiger partial charge in [0.25, 0.3) is 0 Å². The first-order valence-corrected chi connectivity index (χ1v) is 10.9. The fourth-order valence-corrected chi connectivity index (χ4v) is 11.5. The van der Waals surface area contributed by atoms with Crippen LogP contribution in [-0.2, 0) is 0 Å². The standard InChI is InChI=1S/C11H26BrOP/c1-4-8-14(12,9-5-2,10-6-3)11-7-13/h13H,4-11H2,1-3H3. The molecule has 1 N–H and O–H groups in total. The Bertz CT molecular complexity index is 126. The first-order chi connectivity index (χ1) is 6.54. The van der Waals surface area contributed by atoms with Gasteiger partial charge in [-0.2, -0.15) is 0 Å². The summed E-state index contributed by atoms with van der Waals surface area (Å²) in [5, 5.41) is 7.54. The summed E-state index contributed by atoms with van der Waals surface area (Å²) in [7, 11) is 0. The molecule has 0 aliphatic carbocycles. The molecule has 0 aliphatic rings. The van der Waals surface area contributed by atoms with Crippen molar-refractivity contribution in [2.75, 3.05) is 31.3 Å². The van der Waals surface area contributed by atoms with E-state index in [-0.39, 0.29) is 0 Å². The van der Waals surface area contributed by atoms with Crippen molar-refractivity contribution < 1.29 is 5.11 Å². The number of rotatable bonds is 8. The van der Waals surface area contributed by atoms with Crippen molar-refractivity contribution in [1.29, 1.82) is 0 Å². The zero-order valence-corrected chi connectivity index (χ0v) is 12.4. The molecule has 1 nitrogen and oxygen atoms in total. The molecule has 0 unspecified atom stereocenters. The Morgan fingerprint density at radius 3 is 1.43 bits per heavy atom. The second-order valence-corrected chi connectivity index (χ2v) is 15.9. The zero-order chi connectivity index (χ0) is 11.1. The van der Waals surface area contributed by atoms with Crippen molar-refractivity contribution in [3.05, 3.63) is 0 Å². The van der Waals surface area contributed by atoms with Crippen molar-refractivity contribution in [2.24, 2.45) is 0 Å². The molecule has 0 aliphatic heterocycles. The third-order valence-corrected chi connectivity index (χ3v) is 13.3. The first-order valence-electron chi connectivity index (χ1n) is 5.87. The van der Waals surface area contributed by atoms with Crippen molar-refractivity contribution in [1.82, 2.24) is 0 Å². The van der Waals surface area contributed by atoms with Crippen LogP contribution >= 0.6 is 20.8 Å². The second-order valence-electron chi connectivity index (χ2n) is 4.44. The number of hydrogen-bond acceptors (Lipinski definition) is 1. The monoisotopic (exact) mass is 284 g/mol. The molecule has 0 bridgehead atoms. The molecule has 0 fully saturated rings. The molecule has 0 amide bonds. The molecule has 0 heterocycles. The van der Waals surface area contributed by atoms with Gasteiger partial charge in [0.1, 0.15) is 0 Å². The van der Waals surface area contributed by atoms with Crippen LogP contribution in [0, 0.1) is 0 Å². The Labute approximate surface area is 97.3 Å². The number of aliphatic hydroxyl groups is 1. The average molecular weight is 285 g/mol. The van der Waals surface area contributed by atoms with Crippen molar-refractivity contribution in [2.45, 2.75) is 40.0 Å². The van der Waals surface area contributed by atoms with Gasteiger partial charge in [-0.25, -0.2) is 0 Å². The van der Waals surface area contributed by atoms with E-state index in [1.165, 1.54) is 37.7 Å². The van der Waals surface area contributed by atoms with Crippen molar-refractivity contribution >= 4 is 20.8 Å². The molecule has 0 aromatic carbocycles. The van der Waals surface area contributed by atoms with E-state index >= 15 is 0 Å². The quantitative estimate of drug-likeness (QED) is 0.666. The number of hydrogen-bond donors (Lipinski definition) is 1. The predicted octanol–water partition coefficient (Wildman–Crippen LogP) is 4.07. The van der Waals surface area contributed by atoms with E-state index in [9.17, 15) is 5.11 Å². The molecule has 88 valence electrons. The summed E-state index contributed by atoms with van der Waals surface area (Å²) >= 11 is 4.10. The Morgan fingerprint density at radius 2 is 1.21 bits per heavy atom. The van der Waals surface area contributed by atoms with Crippen LogP contribution in [0.1, 0.15) is 40.0 Å². The van der Waals surface area contributed by atoms with E-state index in [4.69, 9.17) is 0 Å². The molecular formula is C11H26BrOP. The van der Waals surface area contributed by atoms with E-state index in [1.807, 2.05) is 0 Å². The number of aliphatic hydroxyl groups excluding tert-OH is 1. The van der Waals surface area contributed by atoms with Crippen LogP contribution in [0.15, 0.2) is 0 Å². The molecule has 0 radical (unpaired) electrons. The van der Waals surface area contributed by atoms with E-state index in [0.29, 0.717) is 6.61 Å². The van der Waals surface area contributed by atoms with Crippen LogP contribution in [0.4, 0.5) is 0 Å². The van der Waals surface area contributed by atoms with Gasteiger partial charge in [0, 0.05) is 0 Å². The molecule has 14 heavy (non-hydrogen) atoms. The van der Waals surface area contributed by atoms with E-state index < -0.39 is 5.31 Å². The van der Waals surface area contributed by atoms with E-state index in [1.54, 1.807) is 0 Å². The zero-order valence-electron chi connectivity index (χ0n) is 9.93. The average Bonchev–Trinajstić information content (AvgIpc) is 2.05. The van der Waals surface area contributed by atoms with Crippen molar-refractivity contribution in [3.8, 4) is 0 Å². The maximum absolute atomic E-state index is 9.25. The third kappa shape index (κ3) is 4.16. The molecule has 0 aromatic heterocycles. The van der Waals surface area contributed by atoms with Crippen molar-refractivity contribution in [3.63, 3.8) is 0 Å². The van der Waals surface area contributed by atoms with Gasteiger partial charge in [-0.1, -0.05) is 0 Å². The van der Waals surface area contributed by atoms with Crippen LogP contribution in [0.2, 0.25) is 0 Å². The molecule has 0 saturated carbocycles. The molecule has 0 atom stereocenters. The predicted molar refractivity (Wildman–Crippen MR) is 73.3 cm³/mol. The van der Waals surface area contributed by atoms with Crippen LogP contribution in [0.25, 0.3) is 0 Å². The summed E-state index contributed by atoms with van der Waals surface area (Å²) in [5.41, 5.74) is 0. The van der Waals surface area contributed by atoms with E-state index in [2.05, 4.69) is 36.3 Å². The van der Waals surface area contributed by atoms with Gasteiger partial charge in [0.05, 0.1) is 0 Å². The van der Waals surface area contributed by atoms with Gasteiger partial charge >= 0.3 is 97.2 Å². The van der Waals surface area contributed by atoms with Gasteiger partial charge in [-0.3, -0.25) is 0 Å². The minimum atomic E-state index is -1.71. The van der Waals surface area contributed by atoms with Gasteiger partial charge in [0.15, 0.2) is 0 Å². The fourth-order valence-electron chi connectivity index (χ4n) is 2.60. The van der Waals surface area contributed by atoms with Crippen LogP contribution in [0.3, 0.4) is 0 Å². The maximum atomic E-state index is 9.25. The fraction of sp³-hybridized carbons (Fsp3) is 1.00. The number of halogens is 1. The van der Waals surface area contributed by atoms with Gasteiger partial charge in [-0.05, 0) is 0 Å². The van der Waals surface area contributed by atoms with Gasteiger partial charge in [-0.15, -0.1) is 0 Å². The SMILES string of the molecule is CCCP(Br)(CCC)(CCC)CCO. The molecule has 3 heteroatoms. The third-order valence-electron chi connectivity index (χ3n) is 3.01.